The number of nitrogens with two attached hydrogens (primary N) is 1. The van der Waals surface area contributed by atoms with Crippen molar-refractivity contribution in [2.24, 2.45) is 0 Å². The first-order valence-electron chi connectivity index (χ1n) is 4.75. The van der Waals surface area contributed by atoms with Crippen LogP contribution in [0.1, 0.15) is 5.56 Å². The quantitative estimate of drug-likeness (QED) is 0.887. The molecule has 0 saturated heterocycles. The number of nitrogen functional groups attached to an aromatic ring is 1. The Hall–Kier alpha value is -1.62. The van der Waals surface area contributed by atoms with Crippen LogP contribution in [0.5, 0.6) is 0 Å². The van der Waals surface area contributed by atoms with Gasteiger partial charge in [0.15, 0.2) is 0 Å². The predicted octanol–water partition coefficient (Wildman–Crippen LogP) is 2.87. The van der Waals surface area contributed by atoms with Crippen molar-refractivity contribution < 1.29 is 0 Å². The van der Waals surface area contributed by atoms with Crippen LogP contribution in [0.15, 0.2) is 35.2 Å². The number of nitrogens with one attached hydrogen (secondary N) is 1. The molecule has 0 unspecified atom stereocenters. The van der Waals surface area contributed by atoms with Gasteiger partial charge < -0.3 is 11.1 Å². The molecule has 0 atom stereocenters. The lowest BCUT2D eigenvalue weighted by molar-refractivity contribution is 1.24. The van der Waals surface area contributed by atoms with Crippen LogP contribution >= 0.6 is 15.9 Å². The zero-order valence-corrected chi connectivity index (χ0v) is 10.3. The molecule has 0 saturated carbocycles. The maximum absolute atomic E-state index is 5.62. The molecule has 2 heterocycles. The van der Waals surface area contributed by atoms with Gasteiger partial charge in [0, 0.05) is 6.20 Å². The average molecular weight is 279 g/mol. The lowest BCUT2D eigenvalue weighted by atomic mass is 10.2. The van der Waals surface area contributed by atoms with E-state index in [9.17, 15) is 0 Å². The van der Waals surface area contributed by atoms with E-state index in [0.717, 1.165) is 21.5 Å². The van der Waals surface area contributed by atoms with Crippen molar-refractivity contribution in [3.05, 3.63) is 40.8 Å². The van der Waals surface area contributed by atoms with Crippen LogP contribution in [0.4, 0.5) is 17.2 Å². The highest BCUT2D eigenvalue weighted by Gasteiger charge is 2.04. The number of pyridine rings is 2. The molecule has 82 valence electrons. The maximum atomic E-state index is 5.62. The second-order valence-corrected chi connectivity index (χ2v) is 4.27. The molecule has 0 amide bonds. The van der Waals surface area contributed by atoms with Gasteiger partial charge >= 0.3 is 0 Å². The van der Waals surface area contributed by atoms with Gasteiger partial charge in [0.25, 0.3) is 0 Å². The summed E-state index contributed by atoms with van der Waals surface area (Å²) in [7, 11) is 0. The first-order valence-corrected chi connectivity index (χ1v) is 5.55. The molecule has 0 bridgehead atoms. The molecule has 0 radical (unpaired) electrons. The van der Waals surface area contributed by atoms with Crippen LogP contribution in [-0.4, -0.2) is 9.97 Å². The summed E-state index contributed by atoms with van der Waals surface area (Å²) in [5.41, 5.74) is 8.29. The lowest BCUT2D eigenvalue weighted by Gasteiger charge is -2.09. The van der Waals surface area contributed by atoms with Crippen LogP contribution in [-0.2, 0) is 0 Å². The maximum Gasteiger partial charge on any atom is 0.144 e. The fourth-order valence-corrected chi connectivity index (χ4v) is 1.73. The Kier molecular flexibility index (Phi) is 3.05. The SMILES string of the molecule is Cc1ccncc1Nc1ncc(N)cc1Br. The zero-order chi connectivity index (χ0) is 11.5. The minimum absolute atomic E-state index is 0.625. The number of anilines is 3. The third kappa shape index (κ3) is 2.30. The highest BCUT2D eigenvalue weighted by Crippen LogP contribution is 2.26. The van der Waals surface area contributed by atoms with Gasteiger partial charge in [-0.05, 0) is 40.5 Å². The first kappa shape index (κ1) is 10.9. The van der Waals surface area contributed by atoms with Crippen molar-refractivity contribution in [1.82, 2.24) is 9.97 Å². The third-order valence-electron chi connectivity index (χ3n) is 2.15. The molecule has 0 spiro atoms. The molecule has 0 aliphatic rings. The van der Waals surface area contributed by atoms with Gasteiger partial charge in [-0.3, -0.25) is 4.98 Å². The Morgan fingerprint density at radius 2 is 2.19 bits per heavy atom. The number of aromatic nitrogens is 2. The predicted molar refractivity (Wildman–Crippen MR) is 68.6 cm³/mol. The molecule has 0 aliphatic carbocycles. The van der Waals surface area contributed by atoms with Gasteiger partial charge in [0.05, 0.1) is 28.2 Å². The monoisotopic (exact) mass is 278 g/mol. The Morgan fingerprint density at radius 3 is 2.88 bits per heavy atom. The lowest BCUT2D eigenvalue weighted by Crippen LogP contribution is -1.98. The third-order valence-corrected chi connectivity index (χ3v) is 2.76. The van der Waals surface area contributed by atoms with Crippen molar-refractivity contribution in [3.63, 3.8) is 0 Å². The Balaban J connectivity index is 2.31. The average Bonchev–Trinajstić information content (AvgIpc) is 2.25. The summed E-state index contributed by atoms with van der Waals surface area (Å²) in [6.07, 6.45) is 5.13. The summed E-state index contributed by atoms with van der Waals surface area (Å²) >= 11 is 3.40. The van der Waals surface area contributed by atoms with Crippen LogP contribution in [0.3, 0.4) is 0 Å². The fourth-order valence-electron chi connectivity index (χ4n) is 1.27. The van der Waals surface area contributed by atoms with Gasteiger partial charge in [0.2, 0.25) is 0 Å². The Labute approximate surface area is 102 Å². The van der Waals surface area contributed by atoms with Crippen LogP contribution < -0.4 is 11.1 Å². The Bertz CT molecular complexity index is 513. The number of halogens is 1. The summed E-state index contributed by atoms with van der Waals surface area (Å²) in [6.45, 7) is 2.01. The van der Waals surface area contributed by atoms with Gasteiger partial charge in [-0.2, -0.15) is 0 Å². The van der Waals surface area contributed by atoms with E-state index in [2.05, 4.69) is 31.2 Å². The van der Waals surface area contributed by atoms with Gasteiger partial charge in [-0.1, -0.05) is 0 Å². The highest BCUT2D eigenvalue weighted by atomic mass is 79.9. The summed E-state index contributed by atoms with van der Waals surface area (Å²) in [5, 5.41) is 3.19. The van der Waals surface area contributed by atoms with E-state index in [4.69, 9.17) is 5.73 Å². The fraction of sp³-hybridized carbons (Fsp3) is 0.0909. The molecule has 5 heteroatoms. The standard InChI is InChI=1S/C11H11BrN4/c1-7-2-3-14-6-10(7)16-11-9(12)4-8(13)5-15-11/h2-6H,13H2,1H3,(H,15,16). The molecule has 3 N–H and O–H groups in total. The summed E-state index contributed by atoms with van der Waals surface area (Å²) in [5.74, 6) is 0.727. The molecule has 0 aliphatic heterocycles. The molecule has 0 fully saturated rings. The number of hydrogen-bond acceptors (Lipinski definition) is 4. The highest BCUT2D eigenvalue weighted by molar-refractivity contribution is 9.10. The topological polar surface area (TPSA) is 63.8 Å². The van der Waals surface area contributed by atoms with E-state index in [1.165, 1.54) is 0 Å². The van der Waals surface area contributed by atoms with Crippen molar-refractivity contribution >= 4 is 33.1 Å². The van der Waals surface area contributed by atoms with Crippen LogP contribution in [0.25, 0.3) is 0 Å². The van der Waals surface area contributed by atoms with Crippen LogP contribution in [0, 0.1) is 6.92 Å². The number of rotatable bonds is 2. The van der Waals surface area contributed by atoms with Crippen molar-refractivity contribution in [3.8, 4) is 0 Å². The number of hydrogen-bond donors (Lipinski definition) is 2. The largest absolute Gasteiger partial charge is 0.397 e. The second kappa shape index (κ2) is 4.49. The molecule has 0 aromatic carbocycles. The number of aryl methyl sites for hydroxylation is 1. The molecular formula is C11H11BrN4. The minimum Gasteiger partial charge on any atom is -0.397 e. The van der Waals surface area contributed by atoms with Gasteiger partial charge in [-0.15, -0.1) is 0 Å². The molecular weight excluding hydrogens is 268 g/mol. The van der Waals surface area contributed by atoms with E-state index in [0.29, 0.717) is 5.69 Å². The van der Waals surface area contributed by atoms with Crippen LogP contribution in [0.2, 0.25) is 0 Å². The normalized spacial score (nSPS) is 10.1. The summed E-state index contributed by atoms with van der Waals surface area (Å²) in [6, 6.07) is 3.74. The first-order chi connectivity index (χ1) is 7.66. The summed E-state index contributed by atoms with van der Waals surface area (Å²) in [4.78, 5) is 8.26. The van der Waals surface area contributed by atoms with Crippen molar-refractivity contribution in [1.29, 1.82) is 0 Å². The van der Waals surface area contributed by atoms with E-state index >= 15 is 0 Å². The molecule has 16 heavy (non-hydrogen) atoms. The Morgan fingerprint density at radius 1 is 1.38 bits per heavy atom. The van der Waals surface area contributed by atoms with Gasteiger partial charge in [0.1, 0.15) is 5.82 Å². The molecule has 2 rings (SSSR count). The van der Waals surface area contributed by atoms with E-state index in [-0.39, 0.29) is 0 Å². The van der Waals surface area contributed by atoms with E-state index in [1.807, 2.05) is 13.0 Å². The summed E-state index contributed by atoms with van der Waals surface area (Å²) < 4.78 is 0.829. The smallest absolute Gasteiger partial charge is 0.144 e. The van der Waals surface area contributed by atoms with Crippen molar-refractivity contribution in [2.75, 3.05) is 11.1 Å². The van der Waals surface area contributed by atoms with E-state index in [1.54, 1.807) is 24.7 Å². The van der Waals surface area contributed by atoms with E-state index < -0.39 is 0 Å². The minimum atomic E-state index is 0.625. The second-order valence-electron chi connectivity index (χ2n) is 3.41. The molecule has 2 aromatic heterocycles. The zero-order valence-electron chi connectivity index (χ0n) is 8.74. The molecule has 4 nitrogen and oxygen atoms in total. The molecule has 2 aromatic rings. The van der Waals surface area contributed by atoms with Crippen molar-refractivity contribution in [2.45, 2.75) is 6.92 Å². The van der Waals surface area contributed by atoms with Gasteiger partial charge in [-0.25, -0.2) is 4.98 Å². The number of nitrogens with zero attached hydrogens (tertiary/aromatic N) is 2.